The van der Waals surface area contributed by atoms with Gasteiger partial charge >= 0.3 is 5.97 Å². The Labute approximate surface area is 142 Å². The predicted molar refractivity (Wildman–Crippen MR) is 97.3 cm³/mol. The molecule has 0 atom stereocenters. The van der Waals surface area contributed by atoms with Gasteiger partial charge in [0.25, 0.3) is 0 Å². The Morgan fingerprint density at radius 1 is 1.00 bits per heavy atom. The van der Waals surface area contributed by atoms with E-state index in [2.05, 4.69) is 12.1 Å². The Morgan fingerprint density at radius 2 is 1.75 bits per heavy atom. The first-order valence-electron chi connectivity index (χ1n) is 8.32. The summed E-state index contributed by atoms with van der Waals surface area (Å²) in [5.41, 5.74) is 9.84. The van der Waals surface area contributed by atoms with Crippen LogP contribution in [0.3, 0.4) is 0 Å². The number of nitrogens with one attached hydrogen (secondary N) is 1. The lowest BCUT2D eigenvalue weighted by atomic mass is 9.94. The number of hydrogen-bond acceptors (Lipinski definition) is 2. The quantitative estimate of drug-likeness (QED) is 0.367. The molecule has 4 N–H and O–H groups in total. The Hall–Kier alpha value is -2.62. The third-order valence-corrected chi connectivity index (χ3v) is 4.09. The second kappa shape index (κ2) is 8.87. The number of carboxylic acids is 1. The lowest BCUT2D eigenvalue weighted by Gasteiger charge is -2.11. The maximum absolute atomic E-state index is 10.5. The van der Waals surface area contributed by atoms with Crippen molar-refractivity contribution in [2.45, 2.75) is 38.5 Å². The van der Waals surface area contributed by atoms with Gasteiger partial charge in [0.05, 0.1) is 0 Å². The fraction of sp³-hybridized carbons (Fsp3) is 0.300. The van der Waals surface area contributed by atoms with E-state index >= 15 is 0 Å². The van der Waals surface area contributed by atoms with Crippen molar-refractivity contribution in [3.8, 4) is 11.1 Å². The topological polar surface area (TPSA) is 87.2 Å². The van der Waals surface area contributed by atoms with Crippen molar-refractivity contribution < 1.29 is 9.90 Å². The SMILES string of the molecule is N=C(N)c1cccc(-c2ccccc2CCCCCCC(=O)O)c1. The van der Waals surface area contributed by atoms with Crippen LogP contribution in [0.2, 0.25) is 0 Å². The number of benzene rings is 2. The molecule has 0 radical (unpaired) electrons. The van der Waals surface area contributed by atoms with E-state index in [1.165, 1.54) is 11.1 Å². The Balaban J connectivity index is 2.01. The van der Waals surface area contributed by atoms with Gasteiger partial charge in [-0.2, -0.15) is 0 Å². The smallest absolute Gasteiger partial charge is 0.303 e. The van der Waals surface area contributed by atoms with E-state index in [0.717, 1.165) is 43.2 Å². The van der Waals surface area contributed by atoms with Gasteiger partial charge in [-0.1, -0.05) is 55.3 Å². The molecule has 2 aromatic rings. The average Bonchev–Trinajstić information content (AvgIpc) is 2.58. The molecule has 0 spiro atoms. The number of nitrogen functional groups attached to an aromatic ring is 1. The van der Waals surface area contributed by atoms with E-state index in [1.807, 2.05) is 36.4 Å². The number of unbranched alkanes of at least 4 members (excludes halogenated alkanes) is 3. The van der Waals surface area contributed by atoms with Gasteiger partial charge in [0.15, 0.2) is 0 Å². The second-order valence-electron chi connectivity index (χ2n) is 5.96. The molecule has 0 fully saturated rings. The third kappa shape index (κ3) is 5.23. The molecule has 4 nitrogen and oxygen atoms in total. The molecular formula is C20H24N2O2. The van der Waals surface area contributed by atoms with Gasteiger partial charge in [-0.05, 0) is 42.0 Å². The van der Waals surface area contributed by atoms with E-state index < -0.39 is 5.97 Å². The van der Waals surface area contributed by atoms with E-state index in [9.17, 15) is 4.79 Å². The van der Waals surface area contributed by atoms with Crippen LogP contribution in [-0.4, -0.2) is 16.9 Å². The van der Waals surface area contributed by atoms with Crippen molar-refractivity contribution in [1.82, 2.24) is 0 Å². The lowest BCUT2D eigenvalue weighted by molar-refractivity contribution is -0.137. The zero-order valence-electron chi connectivity index (χ0n) is 13.8. The molecule has 0 heterocycles. The van der Waals surface area contributed by atoms with E-state index in [-0.39, 0.29) is 12.3 Å². The minimum absolute atomic E-state index is 0.0766. The average molecular weight is 324 g/mol. The zero-order chi connectivity index (χ0) is 17.4. The minimum Gasteiger partial charge on any atom is -0.481 e. The monoisotopic (exact) mass is 324 g/mol. The van der Waals surface area contributed by atoms with E-state index in [1.54, 1.807) is 0 Å². The first-order chi connectivity index (χ1) is 11.6. The van der Waals surface area contributed by atoms with Crippen LogP contribution in [-0.2, 0) is 11.2 Å². The molecule has 0 aliphatic carbocycles. The van der Waals surface area contributed by atoms with Crippen LogP contribution in [0.15, 0.2) is 48.5 Å². The van der Waals surface area contributed by atoms with Gasteiger partial charge in [-0.15, -0.1) is 0 Å². The summed E-state index contributed by atoms with van der Waals surface area (Å²) in [7, 11) is 0. The summed E-state index contributed by atoms with van der Waals surface area (Å²) in [5.74, 6) is -0.640. The summed E-state index contributed by atoms with van der Waals surface area (Å²) < 4.78 is 0. The number of nitrogens with two attached hydrogens (primary N) is 1. The summed E-state index contributed by atoms with van der Waals surface area (Å²) >= 11 is 0. The van der Waals surface area contributed by atoms with Gasteiger partial charge in [0.2, 0.25) is 0 Å². The highest BCUT2D eigenvalue weighted by atomic mass is 16.4. The molecule has 0 saturated heterocycles. The van der Waals surface area contributed by atoms with Crippen LogP contribution in [0, 0.1) is 5.41 Å². The molecule has 2 rings (SSSR count). The molecule has 0 saturated carbocycles. The van der Waals surface area contributed by atoms with Crippen LogP contribution in [0.4, 0.5) is 0 Å². The Morgan fingerprint density at radius 3 is 2.50 bits per heavy atom. The first kappa shape index (κ1) is 17.7. The number of amidine groups is 1. The molecule has 0 aromatic heterocycles. The van der Waals surface area contributed by atoms with Crippen LogP contribution in [0.5, 0.6) is 0 Å². The molecule has 4 heteroatoms. The molecule has 0 unspecified atom stereocenters. The predicted octanol–water partition coefficient (Wildman–Crippen LogP) is 4.22. The van der Waals surface area contributed by atoms with E-state index in [4.69, 9.17) is 16.2 Å². The summed E-state index contributed by atoms with van der Waals surface area (Å²) in [6, 6.07) is 16.0. The Bertz CT molecular complexity index is 710. The van der Waals surface area contributed by atoms with Crippen molar-refractivity contribution in [3.63, 3.8) is 0 Å². The van der Waals surface area contributed by atoms with E-state index in [0.29, 0.717) is 0 Å². The lowest BCUT2D eigenvalue weighted by Crippen LogP contribution is -2.10. The van der Waals surface area contributed by atoms with Crippen LogP contribution in [0.25, 0.3) is 11.1 Å². The molecule has 0 aliphatic rings. The highest BCUT2D eigenvalue weighted by Gasteiger charge is 2.06. The van der Waals surface area contributed by atoms with Gasteiger partial charge in [-0.3, -0.25) is 10.2 Å². The van der Waals surface area contributed by atoms with Gasteiger partial charge in [0.1, 0.15) is 5.84 Å². The number of carboxylic acid groups (broad SMARTS) is 1. The third-order valence-electron chi connectivity index (χ3n) is 4.09. The zero-order valence-corrected chi connectivity index (χ0v) is 13.8. The maximum atomic E-state index is 10.5. The van der Waals surface area contributed by atoms with Crippen molar-refractivity contribution in [1.29, 1.82) is 5.41 Å². The molecule has 24 heavy (non-hydrogen) atoms. The minimum atomic E-state index is -0.717. The van der Waals surface area contributed by atoms with Crippen LogP contribution >= 0.6 is 0 Å². The van der Waals surface area contributed by atoms with Crippen LogP contribution in [0.1, 0.15) is 43.2 Å². The first-order valence-corrected chi connectivity index (χ1v) is 8.32. The molecular weight excluding hydrogens is 300 g/mol. The van der Waals surface area contributed by atoms with Crippen molar-refractivity contribution in [2.24, 2.45) is 5.73 Å². The van der Waals surface area contributed by atoms with Gasteiger partial charge < -0.3 is 10.8 Å². The summed E-state index contributed by atoms with van der Waals surface area (Å²) in [6.07, 6.45) is 5.01. The number of aliphatic carboxylic acids is 1. The fourth-order valence-corrected chi connectivity index (χ4v) is 2.82. The van der Waals surface area contributed by atoms with Crippen molar-refractivity contribution >= 4 is 11.8 Å². The molecule has 126 valence electrons. The fourth-order valence-electron chi connectivity index (χ4n) is 2.82. The van der Waals surface area contributed by atoms with Crippen molar-refractivity contribution in [3.05, 3.63) is 59.7 Å². The summed E-state index contributed by atoms with van der Waals surface area (Å²) in [5, 5.41) is 16.2. The Kier molecular flexibility index (Phi) is 6.55. The van der Waals surface area contributed by atoms with Gasteiger partial charge in [0, 0.05) is 12.0 Å². The second-order valence-corrected chi connectivity index (χ2v) is 5.96. The maximum Gasteiger partial charge on any atom is 0.303 e. The number of carbonyl (C=O) groups is 1. The number of aryl methyl sites for hydroxylation is 1. The highest BCUT2D eigenvalue weighted by Crippen LogP contribution is 2.26. The van der Waals surface area contributed by atoms with Crippen molar-refractivity contribution in [2.75, 3.05) is 0 Å². The molecule has 0 amide bonds. The molecule has 2 aromatic carbocycles. The van der Waals surface area contributed by atoms with Crippen LogP contribution < -0.4 is 5.73 Å². The number of hydrogen-bond donors (Lipinski definition) is 3. The number of rotatable bonds is 9. The summed E-state index contributed by atoms with van der Waals surface area (Å²) in [6.45, 7) is 0. The molecule has 0 bridgehead atoms. The standard InChI is InChI=1S/C20H24N2O2/c21-20(22)17-11-7-10-16(14-17)18-12-6-5-9-15(18)8-3-1-2-4-13-19(23)24/h5-7,9-12,14H,1-4,8,13H2,(H3,21,22)(H,23,24). The largest absolute Gasteiger partial charge is 0.481 e. The van der Waals surface area contributed by atoms with Gasteiger partial charge in [-0.25, -0.2) is 0 Å². The highest BCUT2D eigenvalue weighted by molar-refractivity contribution is 5.96. The summed E-state index contributed by atoms with van der Waals surface area (Å²) in [4.78, 5) is 10.5. The molecule has 0 aliphatic heterocycles. The normalized spacial score (nSPS) is 10.5.